The quantitative estimate of drug-likeness (QED) is 0.711. The molecule has 0 radical (unpaired) electrons. The number of hydrogen-bond acceptors (Lipinski definition) is 3. The lowest BCUT2D eigenvalue weighted by molar-refractivity contribution is -0.130. The van der Waals surface area contributed by atoms with Crippen molar-refractivity contribution in [3.05, 3.63) is 0 Å². The van der Waals surface area contributed by atoms with Gasteiger partial charge in [-0.05, 0) is 32.7 Å². The van der Waals surface area contributed by atoms with Crippen LogP contribution in [0.1, 0.15) is 60.3 Å². The average Bonchev–Trinajstić information content (AvgIpc) is 2.78. The van der Waals surface area contributed by atoms with Crippen molar-refractivity contribution in [2.24, 2.45) is 5.92 Å². The Balaban J connectivity index is 2.61. The highest BCUT2D eigenvalue weighted by Crippen LogP contribution is 2.20. The van der Waals surface area contributed by atoms with Crippen molar-refractivity contribution in [1.29, 1.82) is 0 Å². The number of nitrogens with zero attached hydrogens (tertiary/aromatic N) is 2. The maximum atomic E-state index is 12.6. The first-order valence-electron chi connectivity index (χ1n) is 8.69. The minimum atomic E-state index is 0.0336. The second kappa shape index (κ2) is 8.74. The summed E-state index contributed by atoms with van der Waals surface area (Å²) in [5.74, 6) is 0.759. The summed E-state index contributed by atoms with van der Waals surface area (Å²) < 4.78 is 0. The summed E-state index contributed by atoms with van der Waals surface area (Å²) in [6.07, 6.45) is 4.58. The monoisotopic (exact) mass is 297 g/mol. The van der Waals surface area contributed by atoms with Crippen LogP contribution in [0.4, 0.5) is 0 Å². The molecule has 3 atom stereocenters. The number of unbranched alkanes of at least 4 members (excludes halogenated alkanes) is 1. The van der Waals surface area contributed by atoms with Gasteiger partial charge in [0.05, 0.1) is 12.2 Å². The summed E-state index contributed by atoms with van der Waals surface area (Å²) in [5.41, 5.74) is 0. The summed E-state index contributed by atoms with van der Waals surface area (Å²) in [5, 5.41) is 3.55. The maximum absolute atomic E-state index is 12.6. The van der Waals surface area contributed by atoms with Crippen LogP contribution in [0.25, 0.3) is 0 Å². The molecule has 1 fully saturated rings. The van der Waals surface area contributed by atoms with E-state index >= 15 is 0 Å². The Kier molecular flexibility index (Phi) is 7.67. The largest absolute Gasteiger partial charge is 0.324 e. The van der Waals surface area contributed by atoms with Crippen molar-refractivity contribution in [2.75, 3.05) is 20.1 Å². The van der Waals surface area contributed by atoms with Crippen LogP contribution in [0.5, 0.6) is 0 Å². The van der Waals surface area contributed by atoms with E-state index in [0.717, 1.165) is 38.8 Å². The first kappa shape index (κ1) is 18.4. The number of nitrogens with one attached hydrogen (secondary N) is 1. The van der Waals surface area contributed by atoms with E-state index in [2.05, 4.69) is 56.8 Å². The van der Waals surface area contributed by atoms with Crippen molar-refractivity contribution in [1.82, 2.24) is 15.1 Å². The fourth-order valence-electron chi connectivity index (χ4n) is 2.92. The van der Waals surface area contributed by atoms with E-state index in [-0.39, 0.29) is 12.2 Å². The van der Waals surface area contributed by atoms with E-state index in [9.17, 15) is 4.79 Å². The fourth-order valence-corrected chi connectivity index (χ4v) is 2.92. The molecular formula is C17H35N3O. The molecule has 1 rings (SSSR count). The Morgan fingerprint density at radius 1 is 1.29 bits per heavy atom. The zero-order chi connectivity index (χ0) is 16.0. The molecule has 1 saturated heterocycles. The van der Waals surface area contributed by atoms with Crippen molar-refractivity contribution in [3.8, 4) is 0 Å². The predicted octanol–water partition coefficient (Wildman–Crippen LogP) is 2.69. The van der Waals surface area contributed by atoms with Gasteiger partial charge in [0.15, 0.2) is 0 Å². The molecule has 0 bridgehead atoms. The second-order valence-electron chi connectivity index (χ2n) is 6.82. The van der Waals surface area contributed by atoms with Gasteiger partial charge in [0.25, 0.3) is 0 Å². The highest BCUT2D eigenvalue weighted by molar-refractivity contribution is 5.84. The van der Waals surface area contributed by atoms with Crippen LogP contribution in [0.3, 0.4) is 0 Å². The van der Waals surface area contributed by atoms with Crippen LogP contribution < -0.4 is 5.32 Å². The molecule has 1 aliphatic rings. The zero-order valence-electron chi connectivity index (χ0n) is 14.9. The molecule has 4 nitrogen and oxygen atoms in total. The Morgan fingerprint density at radius 2 is 1.95 bits per heavy atom. The van der Waals surface area contributed by atoms with Crippen molar-refractivity contribution >= 4 is 5.91 Å². The molecular weight excluding hydrogens is 262 g/mol. The van der Waals surface area contributed by atoms with E-state index in [0.29, 0.717) is 17.9 Å². The summed E-state index contributed by atoms with van der Waals surface area (Å²) in [6, 6.07) is 0.607. The lowest BCUT2D eigenvalue weighted by Gasteiger charge is -2.31. The Labute approximate surface area is 131 Å². The standard InChI is InChI=1S/C17H35N3O/c1-7-9-10-15-17(21)20(16(18-15)13(3)4)12-11-19(6)14(5)8-2/h13-16,18H,7-12H2,1-6H3. The lowest BCUT2D eigenvalue weighted by atomic mass is 10.1. The molecule has 1 amide bonds. The molecule has 1 aliphatic heterocycles. The third-order valence-electron chi connectivity index (χ3n) is 4.80. The summed E-state index contributed by atoms with van der Waals surface area (Å²) in [6.45, 7) is 12.8. The summed E-state index contributed by atoms with van der Waals surface area (Å²) >= 11 is 0. The van der Waals surface area contributed by atoms with Gasteiger partial charge in [-0.1, -0.05) is 40.5 Å². The minimum Gasteiger partial charge on any atom is -0.324 e. The molecule has 1 N–H and O–H groups in total. The highest BCUT2D eigenvalue weighted by Gasteiger charge is 2.39. The fraction of sp³-hybridized carbons (Fsp3) is 0.941. The molecule has 0 aromatic heterocycles. The number of rotatable bonds is 9. The van der Waals surface area contributed by atoms with Gasteiger partial charge in [-0.15, -0.1) is 0 Å². The van der Waals surface area contributed by atoms with Gasteiger partial charge in [-0.2, -0.15) is 0 Å². The van der Waals surface area contributed by atoms with Crippen LogP contribution >= 0.6 is 0 Å². The first-order valence-corrected chi connectivity index (χ1v) is 8.69. The van der Waals surface area contributed by atoms with E-state index < -0.39 is 0 Å². The van der Waals surface area contributed by atoms with Gasteiger partial charge < -0.3 is 9.80 Å². The molecule has 4 heteroatoms. The van der Waals surface area contributed by atoms with Crippen LogP contribution in [-0.4, -0.2) is 54.1 Å². The molecule has 124 valence electrons. The van der Waals surface area contributed by atoms with Gasteiger partial charge in [0, 0.05) is 19.1 Å². The zero-order valence-corrected chi connectivity index (χ0v) is 14.9. The number of likely N-dealkylation sites (N-methyl/N-ethyl adjacent to an activating group) is 1. The SMILES string of the molecule is CCCCC1NC(C(C)C)N(CCN(C)C(C)CC)C1=O. The molecule has 1 heterocycles. The second-order valence-corrected chi connectivity index (χ2v) is 6.82. The van der Waals surface area contributed by atoms with Gasteiger partial charge in [-0.25, -0.2) is 0 Å². The van der Waals surface area contributed by atoms with Gasteiger partial charge in [-0.3, -0.25) is 10.1 Å². The Morgan fingerprint density at radius 3 is 2.48 bits per heavy atom. The van der Waals surface area contributed by atoms with E-state index in [4.69, 9.17) is 0 Å². The van der Waals surface area contributed by atoms with Crippen molar-refractivity contribution < 1.29 is 4.79 Å². The smallest absolute Gasteiger partial charge is 0.241 e. The number of hydrogen-bond donors (Lipinski definition) is 1. The van der Waals surface area contributed by atoms with Crippen molar-refractivity contribution in [2.45, 2.75) is 78.6 Å². The number of carbonyl (C=O) groups excluding carboxylic acids is 1. The van der Waals surface area contributed by atoms with Crippen LogP contribution in [0, 0.1) is 5.92 Å². The number of carbonyl (C=O) groups is 1. The molecule has 0 aromatic rings. The minimum absolute atomic E-state index is 0.0336. The Bertz CT molecular complexity index is 319. The van der Waals surface area contributed by atoms with Crippen molar-refractivity contribution in [3.63, 3.8) is 0 Å². The predicted molar refractivity (Wildman–Crippen MR) is 89.2 cm³/mol. The molecule has 3 unspecified atom stereocenters. The van der Waals surface area contributed by atoms with Gasteiger partial charge in [0.2, 0.25) is 5.91 Å². The van der Waals surface area contributed by atoms with E-state index in [1.54, 1.807) is 0 Å². The Hall–Kier alpha value is -0.610. The topological polar surface area (TPSA) is 35.6 Å². The van der Waals surface area contributed by atoms with E-state index in [1.165, 1.54) is 0 Å². The highest BCUT2D eigenvalue weighted by atomic mass is 16.2. The third kappa shape index (κ3) is 4.96. The molecule has 0 aliphatic carbocycles. The van der Waals surface area contributed by atoms with Crippen LogP contribution in [0.2, 0.25) is 0 Å². The molecule has 0 saturated carbocycles. The van der Waals surface area contributed by atoms with Gasteiger partial charge >= 0.3 is 0 Å². The first-order chi connectivity index (χ1) is 9.92. The normalized spacial score (nSPS) is 24.4. The molecule has 0 aromatic carbocycles. The van der Waals surface area contributed by atoms with E-state index in [1.807, 2.05) is 0 Å². The average molecular weight is 297 g/mol. The molecule has 0 spiro atoms. The van der Waals surface area contributed by atoms with Crippen LogP contribution in [0.15, 0.2) is 0 Å². The number of amides is 1. The van der Waals surface area contributed by atoms with Crippen LogP contribution in [-0.2, 0) is 4.79 Å². The summed E-state index contributed by atoms with van der Waals surface area (Å²) in [4.78, 5) is 17.0. The lowest BCUT2D eigenvalue weighted by Crippen LogP contribution is -2.45. The van der Waals surface area contributed by atoms with Gasteiger partial charge in [0.1, 0.15) is 0 Å². The molecule has 21 heavy (non-hydrogen) atoms. The maximum Gasteiger partial charge on any atom is 0.241 e. The summed E-state index contributed by atoms with van der Waals surface area (Å²) in [7, 11) is 2.15. The third-order valence-corrected chi connectivity index (χ3v) is 4.80.